The van der Waals surface area contributed by atoms with Gasteiger partial charge in [-0.05, 0) is 65.2 Å². The van der Waals surface area contributed by atoms with Crippen molar-refractivity contribution < 1.29 is 14.3 Å². The lowest BCUT2D eigenvalue weighted by Gasteiger charge is -2.22. The minimum Gasteiger partial charge on any atom is -0.455 e. The quantitative estimate of drug-likeness (QED) is 0.363. The number of nitrogens with one attached hydrogen (secondary N) is 2. The molecule has 2 amide bonds. The molecule has 0 unspecified atom stereocenters. The highest BCUT2D eigenvalue weighted by atomic mass is 32.1. The van der Waals surface area contributed by atoms with Crippen LogP contribution in [0.5, 0.6) is 11.5 Å². The molecular weight excluding hydrogens is 420 g/mol. The summed E-state index contributed by atoms with van der Waals surface area (Å²) < 4.78 is 7.05. The predicted octanol–water partition coefficient (Wildman–Crippen LogP) is 6.09. The Hall–Kier alpha value is -3.64. The Morgan fingerprint density at radius 1 is 0.906 bits per heavy atom. The number of thiophene rings is 1. The van der Waals surface area contributed by atoms with Gasteiger partial charge in [0.1, 0.15) is 11.8 Å². The van der Waals surface area contributed by atoms with Crippen molar-refractivity contribution in [1.29, 1.82) is 0 Å². The lowest BCUT2D eigenvalue weighted by molar-refractivity contribution is -0.118. The molecule has 4 aromatic rings. The van der Waals surface area contributed by atoms with Crippen molar-refractivity contribution in [3.05, 3.63) is 89.8 Å². The van der Waals surface area contributed by atoms with E-state index in [-0.39, 0.29) is 17.7 Å². The third kappa shape index (κ3) is 4.98. The van der Waals surface area contributed by atoms with Gasteiger partial charge >= 0.3 is 0 Å². The van der Waals surface area contributed by atoms with Crippen LogP contribution in [0.1, 0.15) is 24.2 Å². The van der Waals surface area contributed by atoms with Crippen LogP contribution in [0.3, 0.4) is 0 Å². The Morgan fingerprint density at radius 2 is 1.66 bits per heavy atom. The summed E-state index contributed by atoms with van der Waals surface area (Å²) in [6.07, 6.45) is 0. The van der Waals surface area contributed by atoms with Gasteiger partial charge in [-0.25, -0.2) is 0 Å². The first-order valence-electron chi connectivity index (χ1n) is 10.4. The summed E-state index contributed by atoms with van der Waals surface area (Å²) in [6, 6.07) is 23.4. The van der Waals surface area contributed by atoms with Crippen LogP contribution in [-0.2, 0) is 4.79 Å². The number of hydrogen-bond donors (Lipinski definition) is 2. The summed E-state index contributed by atoms with van der Waals surface area (Å²) in [5.41, 5.74) is 1.07. The van der Waals surface area contributed by atoms with Crippen LogP contribution in [0.4, 0.5) is 5.69 Å². The van der Waals surface area contributed by atoms with Gasteiger partial charge in [0.2, 0.25) is 5.91 Å². The van der Waals surface area contributed by atoms with Crippen LogP contribution in [0, 0.1) is 5.92 Å². The number of ether oxygens (including phenoxy) is 1. The Labute approximate surface area is 191 Å². The number of carbonyl (C=O) groups is 2. The zero-order valence-electron chi connectivity index (χ0n) is 17.9. The van der Waals surface area contributed by atoms with E-state index >= 15 is 0 Å². The number of hydrogen-bond acceptors (Lipinski definition) is 4. The molecule has 0 aliphatic carbocycles. The molecule has 0 aliphatic rings. The van der Waals surface area contributed by atoms with Crippen LogP contribution in [0.2, 0.25) is 0 Å². The molecule has 1 heterocycles. The molecule has 0 aliphatic heterocycles. The maximum Gasteiger partial charge on any atom is 0.251 e. The molecule has 32 heavy (non-hydrogen) atoms. The molecule has 4 rings (SSSR count). The van der Waals surface area contributed by atoms with Gasteiger partial charge in [-0.3, -0.25) is 9.59 Å². The number of amides is 2. The molecule has 0 radical (unpaired) electrons. The van der Waals surface area contributed by atoms with E-state index in [4.69, 9.17) is 4.74 Å². The maximum absolute atomic E-state index is 13.1. The number of benzene rings is 3. The molecule has 0 spiro atoms. The van der Waals surface area contributed by atoms with Gasteiger partial charge in [0.25, 0.3) is 5.91 Å². The van der Waals surface area contributed by atoms with E-state index in [0.29, 0.717) is 22.7 Å². The first-order valence-corrected chi connectivity index (χ1v) is 11.3. The van der Waals surface area contributed by atoms with E-state index in [0.717, 1.165) is 10.1 Å². The van der Waals surface area contributed by atoms with Gasteiger partial charge in [0, 0.05) is 10.3 Å². The van der Waals surface area contributed by atoms with Crippen molar-refractivity contribution >= 4 is 38.9 Å². The van der Waals surface area contributed by atoms with E-state index in [1.54, 1.807) is 29.5 Å². The zero-order valence-corrected chi connectivity index (χ0v) is 18.7. The molecular formula is C26H24N2O3S. The SMILES string of the molecule is CC(C)[C@H](NC(=O)c1ccc2sccc2c1)C(=O)Nc1ccccc1Oc1ccccc1. The lowest BCUT2D eigenvalue weighted by atomic mass is 10.0. The first-order chi connectivity index (χ1) is 15.5. The molecule has 5 nitrogen and oxygen atoms in total. The van der Waals surface area contributed by atoms with Gasteiger partial charge in [-0.15, -0.1) is 11.3 Å². The monoisotopic (exact) mass is 444 g/mol. The molecule has 3 aromatic carbocycles. The third-order valence-electron chi connectivity index (χ3n) is 5.07. The second kappa shape index (κ2) is 9.66. The largest absolute Gasteiger partial charge is 0.455 e. The predicted molar refractivity (Wildman–Crippen MR) is 130 cm³/mol. The molecule has 0 saturated heterocycles. The highest BCUT2D eigenvalue weighted by Gasteiger charge is 2.25. The standard InChI is InChI=1S/C26H24N2O3S/c1-17(2)24(28-25(29)19-12-13-23-18(16-19)14-15-32-23)26(30)27-21-10-6-7-11-22(21)31-20-8-4-3-5-9-20/h3-17,24H,1-2H3,(H,27,30)(H,28,29)/t24-/m0/s1. The summed E-state index contributed by atoms with van der Waals surface area (Å²) in [4.78, 5) is 26.0. The van der Waals surface area contributed by atoms with E-state index in [9.17, 15) is 9.59 Å². The van der Waals surface area contributed by atoms with E-state index in [1.165, 1.54) is 0 Å². The van der Waals surface area contributed by atoms with Crippen LogP contribution in [0.15, 0.2) is 84.2 Å². The topological polar surface area (TPSA) is 67.4 Å². The third-order valence-corrected chi connectivity index (χ3v) is 5.96. The number of carbonyl (C=O) groups excluding carboxylic acids is 2. The Morgan fingerprint density at radius 3 is 2.44 bits per heavy atom. The van der Waals surface area contributed by atoms with Crippen molar-refractivity contribution in [1.82, 2.24) is 5.32 Å². The van der Waals surface area contributed by atoms with Crippen LogP contribution in [-0.4, -0.2) is 17.9 Å². The van der Waals surface area contributed by atoms with Crippen LogP contribution < -0.4 is 15.4 Å². The first kappa shape index (κ1) is 21.6. The van der Waals surface area contributed by atoms with Gasteiger partial charge in [-0.1, -0.05) is 44.2 Å². The minimum absolute atomic E-state index is 0.106. The van der Waals surface area contributed by atoms with Gasteiger partial charge < -0.3 is 15.4 Å². The smallest absolute Gasteiger partial charge is 0.251 e. The molecule has 1 aromatic heterocycles. The molecule has 0 saturated carbocycles. The van der Waals surface area contributed by atoms with Gasteiger partial charge in [-0.2, -0.15) is 0 Å². The average molecular weight is 445 g/mol. The molecule has 2 N–H and O–H groups in total. The lowest BCUT2D eigenvalue weighted by Crippen LogP contribution is -2.47. The second-order valence-electron chi connectivity index (χ2n) is 7.77. The summed E-state index contributed by atoms with van der Waals surface area (Å²) in [5, 5.41) is 8.81. The fourth-order valence-corrected chi connectivity index (χ4v) is 4.12. The van der Waals surface area contributed by atoms with Crippen molar-refractivity contribution in [2.45, 2.75) is 19.9 Å². The molecule has 0 bridgehead atoms. The average Bonchev–Trinajstić information content (AvgIpc) is 3.27. The molecule has 0 fully saturated rings. The van der Waals surface area contributed by atoms with Crippen molar-refractivity contribution in [2.75, 3.05) is 5.32 Å². The number of rotatable bonds is 7. The summed E-state index contributed by atoms with van der Waals surface area (Å²) >= 11 is 1.63. The molecule has 6 heteroatoms. The summed E-state index contributed by atoms with van der Waals surface area (Å²) in [5.74, 6) is 0.524. The maximum atomic E-state index is 13.1. The highest BCUT2D eigenvalue weighted by Crippen LogP contribution is 2.29. The van der Waals surface area contributed by atoms with Crippen molar-refractivity contribution in [3.8, 4) is 11.5 Å². The summed E-state index contributed by atoms with van der Waals surface area (Å²) in [6.45, 7) is 3.80. The van der Waals surface area contributed by atoms with Crippen molar-refractivity contribution in [2.24, 2.45) is 5.92 Å². The minimum atomic E-state index is -0.703. The Kier molecular flexibility index (Phi) is 6.52. The van der Waals surface area contributed by atoms with E-state index in [1.807, 2.05) is 79.9 Å². The van der Waals surface area contributed by atoms with Crippen LogP contribution >= 0.6 is 11.3 Å². The Balaban J connectivity index is 1.50. The van der Waals surface area contributed by atoms with Gasteiger partial charge in [0.15, 0.2) is 5.75 Å². The molecule has 162 valence electrons. The number of fused-ring (bicyclic) bond motifs is 1. The zero-order chi connectivity index (χ0) is 22.5. The number of anilines is 1. The second-order valence-corrected chi connectivity index (χ2v) is 8.72. The fourth-order valence-electron chi connectivity index (χ4n) is 3.35. The summed E-state index contributed by atoms with van der Waals surface area (Å²) in [7, 11) is 0. The fraction of sp³-hybridized carbons (Fsp3) is 0.154. The molecule has 1 atom stereocenters. The normalized spacial score (nSPS) is 11.8. The van der Waals surface area contributed by atoms with Gasteiger partial charge in [0.05, 0.1) is 5.69 Å². The van der Waals surface area contributed by atoms with Crippen molar-refractivity contribution in [3.63, 3.8) is 0 Å². The van der Waals surface area contributed by atoms with Crippen LogP contribution in [0.25, 0.3) is 10.1 Å². The highest BCUT2D eigenvalue weighted by molar-refractivity contribution is 7.17. The number of para-hydroxylation sites is 3. The Bertz CT molecular complexity index is 1230. The van der Waals surface area contributed by atoms with E-state index < -0.39 is 6.04 Å². The van der Waals surface area contributed by atoms with E-state index in [2.05, 4.69) is 10.6 Å².